The first-order valence-electron chi connectivity index (χ1n) is 12.9. The van der Waals surface area contributed by atoms with E-state index in [0.29, 0.717) is 25.0 Å². The average Bonchev–Trinajstić information content (AvgIpc) is 3.71. The zero-order valence-electron chi connectivity index (χ0n) is 22.2. The number of nitrogen functional groups attached to an aromatic ring is 1. The fourth-order valence-corrected chi connectivity index (χ4v) is 8.30. The molecule has 220 valence electrons. The van der Waals surface area contributed by atoms with Crippen LogP contribution in [0.1, 0.15) is 25.1 Å². The Labute approximate surface area is 253 Å². The molecular formula is C25H27N9O5S3. The number of nitrogens with two attached hydrogens (primary N) is 2. The molecule has 1 saturated heterocycles. The Kier molecular flexibility index (Phi) is 7.40. The third kappa shape index (κ3) is 4.80. The smallest absolute Gasteiger partial charge is 0.352 e. The number of carbonyl (C=O) groups excluding carboxylic acids is 2. The van der Waals surface area contributed by atoms with Crippen molar-refractivity contribution in [3.63, 3.8) is 0 Å². The van der Waals surface area contributed by atoms with Crippen LogP contribution in [0.3, 0.4) is 0 Å². The summed E-state index contributed by atoms with van der Waals surface area (Å²) in [5.74, 6) is -0.906. The first kappa shape index (κ1) is 28.2. The van der Waals surface area contributed by atoms with Gasteiger partial charge in [-0.2, -0.15) is 9.36 Å². The Hall–Kier alpha value is -3.96. The molecular weight excluding hydrogens is 603 g/mol. The van der Waals surface area contributed by atoms with Gasteiger partial charge >= 0.3 is 5.97 Å². The largest absolute Gasteiger partial charge is 0.477 e. The minimum absolute atomic E-state index is 0.00367. The van der Waals surface area contributed by atoms with Crippen molar-refractivity contribution in [2.75, 3.05) is 18.5 Å². The molecule has 1 aromatic heterocycles. The molecule has 5 heterocycles. The number of fused-ring (bicyclic) bond motifs is 2. The van der Waals surface area contributed by atoms with E-state index in [-0.39, 0.29) is 39.6 Å². The zero-order chi connectivity index (χ0) is 29.6. The number of carboxylic acid groups (broad SMARTS) is 1. The van der Waals surface area contributed by atoms with Gasteiger partial charge in [0.25, 0.3) is 5.91 Å². The van der Waals surface area contributed by atoms with Crippen molar-refractivity contribution < 1.29 is 24.3 Å². The molecule has 42 heavy (non-hydrogen) atoms. The highest BCUT2D eigenvalue weighted by Gasteiger charge is 2.66. The molecule has 5 aliphatic rings. The number of aromatic nitrogens is 2. The summed E-state index contributed by atoms with van der Waals surface area (Å²) in [7, 11) is 1.96. The number of carboxylic acids is 1. The minimum Gasteiger partial charge on any atom is -0.477 e. The normalized spacial score (nSPS) is 28.5. The van der Waals surface area contributed by atoms with E-state index in [9.17, 15) is 19.5 Å². The number of oxime groups is 1. The van der Waals surface area contributed by atoms with Crippen molar-refractivity contribution in [2.45, 2.75) is 30.7 Å². The first-order chi connectivity index (χ1) is 20.2. The Morgan fingerprint density at radius 3 is 2.90 bits per heavy atom. The van der Waals surface area contributed by atoms with E-state index < -0.39 is 23.4 Å². The van der Waals surface area contributed by atoms with E-state index in [2.05, 4.69) is 19.9 Å². The van der Waals surface area contributed by atoms with Crippen molar-refractivity contribution in [3.05, 3.63) is 64.5 Å². The van der Waals surface area contributed by atoms with Crippen LogP contribution in [0, 0.1) is 11.3 Å². The predicted octanol–water partition coefficient (Wildman–Crippen LogP) is 1.53. The number of primary amides is 1. The van der Waals surface area contributed by atoms with Crippen LogP contribution in [0.2, 0.25) is 0 Å². The topological polar surface area (TPSA) is 193 Å². The van der Waals surface area contributed by atoms with Gasteiger partial charge in [0.2, 0.25) is 17.4 Å². The highest BCUT2D eigenvalue weighted by molar-refractivity contribution is 8.05. The summed E-state index contributed by atoms with van der Waals surface area (Å²) >= 11 is 3.89. The molecule has 0 bridgehead atoms. The Morgan fingerprint density at radius 1 is 1.33 bits per heavy atom. The summed E-state index contributed by atoms with van der Waals surface area (Å²) in [5.41, 5.74) is 13.3. The molecule has 1 saturated carbocycles. The van der Waals surface area contributed by atoms with Gasteiger partial charge in [0.1, 0.15) is 28.4 Å². The summed E-state index contributed by atoms with van der Waals surface area (Å²) < 4.78 is 3.98. The van der Waals surface area contributed by atoms with Crippen LogP contribution in [0.15, 0.2) is 63.8 Å². The third-order valence-electron chi connectivity index (χ3n) is 7.68. The number of nitrogens with zero attached hydrogens (tertiary/aromatic N) is 6. The Bertz CT molecular complexity index is 1520. The lowest BCUT2D eigenvalue weighted by Gasteiger charge is -2.58. The fraction of sp³-hybridized carbons (Fsp3) is 0.360. The molecule has 0 spiro atoms. The van der Waals surface area contributed by atoms with Crippen LogP contribution in [0.4, 0.5) is 5.13 Å². The van der Waals surface area contributed by atoms with E-state index in [4.69, 9.17) is 16.3 Å². The first-order valence-corrected chi connectivity index (χ1v) is 15.6. The maximum absolute atomic E-state index is 13.9. The molecule has 14 nitrogen and oxygen atoms in total. The van der Waals surface area contributed by atoms with Crippen LogP contribution >= 0.6 is 35.1 Å². The summed E-state index contributed by atoms with van der Waals surface area (Å²) in [6.07, 6.45) is 12.6. The average molecular weight is 630 g/mol. The van der Waals surface area contributed by atoms with Crippen LogP contribution in [0.25, 0.3) is 0 Å². The van der Waals surface area contributed by atoms with Gasteiger partial charge in [0, 0.05) is 36.7 Å². The van der Waals surface area contributed by atoms with Crippen molar-refractivity contribution >= 4 is 63.7 Å². The van der Waals surface area contributed by atoms with Crippen LogP contribution < -0.4 is 16.9 Å². The van der Waals surface area contributed by atoms with Gasteiger partial charge in [0.15, 0.2) is 5.13 Å². The molecule has 0 radical (unpaired) electrons. The van der Waals surface area contributed by atoms with Crippen LogP contribution in [-0.4, -0.2) is 77.0 Å². The third-order valence-corrected chi connectivity index (χ3v) is 10.3. The van der Waals surface area contributed by atoms with E-state index in [0.717, 1.165) is 22.4 Å². The molecule has 1 aromatic rings. The lowest BCUT2D eigenvalue weighted by molar-refractivity contribution is -0.163. The lowest BCUT2D eigenvalue weighted by atomic mass is 9.67. The molecule has 4 aliphatic heterocycles. The van der Waals surface area contributed by atoms with Crippen molar-refractivity contribution in [1.82, 2.24) is 29.6 Å². The Morgan fingerprint density at radius 2 is 2.17 bits per heavy atom. The summed E-state index contributed by atoms with van der Waals surface area (Å²) in [6.45, 7) is 0. The molecule has 1 aliphatic carbocycles. The maximum Gasteiger partial charge on any atom is 0.352 e. The number of allylic oxidation sites excluding steroid dienone is 2. The summed E-state index contributed by atoms with van der Waals surface area (Å²) in [6, 6.07) is 0. The molecule has 1 unspecified atom stereocenters. The van der Waals surface area contributed by atoms with Crippen LogP contribution in [0.5, 0.6) is 0 Å². The number of aliphatic carboxylic acids is 1. The van der Waals surface area contributed by atoms with Gasteiger partial charge in [-0.25, -0.2) is 9.80 Å². The number of amides is 2. The predicted molar refractivity (Wildman–Crippen MR) is 158 cm³/mol. The monoisotopic (exact) mass is 629 g/mol. The number of rotatable bonds is 9. The molecule has 2 fully saturated rings. The fourth-order valence-electron chi connectivity index (χ4n) is 5.69. The highest BCUT2D eigenvalue weighted by atomic mass is 32.2. The highest BCUT2D eigenvalue weighted by Crippen LogP contribution is 2.59. The second-order valence-corrected chi connectivity index (χ2v) is 12.9. The minimum atomic E-state index is -1.12. The second kappa shape index (κ2) is 11.0. The molecule has 4 atom stereocenters. The van der Waals surface area contributed by atoms with Crippen LogP contribution in [-0.2, 0) is 19.2 Å². The van der Waals surface area contributed by atoms with Gasteiger partial charge in [-0.05, 0) is 48.8 Å². The molecule has 6 N–H and O–H groups in total. The Balaban J connectivity index is 1.22. The quantitative estimate of drug-likeness (QED) is 0.175. The SMILES string of the molecule is CN1C=CN2NC(S/C=C/[C@@]3([C@H]4CCC(O/N=C(\C(N)=O)c5nsc(N)n5)C4)C(=O)N4C(C(=O)O)=CCS[C@H]43)=CC=C12. The maximum atomic E-state index is 13.9. The van der Waals surface area contributed by atoms with Gasteiger partial charge in [-0.1, -0.05) is 23.0 Å². The number of hydrogen-bond donors (Lipinski definition) is 4. The summed E-state index contributed by atoms with van der Waals surface area (Å²) in [4.78, 5) is 50.8. The van der Waals surface area contributed by atoms with E-state index >= 15 is 0 Å². The zero-order valence-corrected chi connectivity index (χ0v) is 24.7. The van der Waals surface area contributed by atoms with Gasteiger partial charge in [0.05, 0.1) is 5.03 Å². The van der Waals surface area contributed by atoms with E-state index in [1.807, 2.05) is 53.0 Å². The number of thioether (sulfide) groups is 2. The number of carbonyl (C=O) groups is 3. The van der Waals surface area contributed by atoms with E-state index in [1.165, 1.54) is 28.4 Å². The van der Waals surface area contributed by atoms with Gasteiger partial charge < -0.3 is 26.3 Å². The van der Waals surface area contributed by atoms with Gasteiger partial charge in [-0.15, -0.1) is 11.8 Å². The number of anilines is 1. The van der Waals surface area contributed by atoms with Gasteiger partial charge in [-0.3, -0.25) is 19.9 Å². The summed E-state index contributed by atoms with van der Waals surface area (Å²) in [5, 5.41) is 18.2. The van der Waals surface area contributed by atoms with Crippen molar-refractivity contribution in [1.29, 1.82) is 0 Å². The standard InChI is InChI=1S/C25H27N9O5S3/c1-32-8-9-33-17(32)5-4-16(29-33)40-11-7-25(22(38)34-15(21(36)37)6-10-41-23(25)34)13-2-3-14(12-13)39-30-18(19(26)35)20-28-24(27)42-31-20/h4-9,11,13-14,23,29H,2-3,10,12H2,1H3,(H2,26,35)(H,36,37)(H2,27,28,31)/b11-7+,30-18+/t13-,14?,23-,25+/m0/s1. The number of hydrazine groups is 1. The second-order valence-electron chi connectivity index (χ2n) is 10.1. The molecule has 17 heteroatoms. The lowest BCUT2D eigenvalue weighted by Crippen LogP contribution is -2.70. The number of nitrogens with one attached hydrogen (secondary N) is 1. The van der Waals surface area contributed by atoms with Crippen molar-refractivity contribution in [3.8, 4) is 0 Å². The molecule has 0 aromatic carbocycles. The number of β-lactam (4-membered cyclic amide) rings is 1. The molecule has 6 rings (SSSR count). The van der Waals surface area contributed by atoms with E-state index in [1.54, 1.807) is 6.08 Å². The van der Waals surface area contributed by atoms with Crippen molar-refractivity contribution in [2.24, 2.45) is 22.2 Å². The molecule has 2 amide bonds. The number of hydrogen-bond acceptors (Lipinski definition) is 14.